The molecule has 0 heterocycles. The van der Waals surface area contributed by atoms with Gasteiger partial charge in [-0.2, -0.15) is 0 Å². The van der Waals surface area contributed by atoms with Crippen molar-refractivity contribution in [2.24, 2.45) is 5.73 Å². The first-order valence-electron chi connectivity index (χ1n) is 3.45. The van der Waals surface area contributed by atoms with E-state index in [9.17, 15) is 0 Å². The second-order valence-electron chi connectivity index (χ2n) is 2.08. The molecule has 0 radical (unpaired) electrons. The van der Waals surface area contributed by atoms with E-state index < -0.39 is 0 Å². The molecule has 0 saturated heterocycles. The van der Waals surface area contributed by atoms with Gasteiger partial charge in [0.05, 0.1) is 11.4 Å². The third kappa shape index (κ3) is 2.77. The number of aliphatic hydroxyl groups is 1. The molecular formula is C8H13N3O. The van der Waals surface area contributed by atoms with E-state index in [2.05, 4.69) is 0 Å². The van der Waals surface area contributed by atoms with Crippen molar-refractivity contribution < 1.29 is 5.11 Å². The first-order chi connectivity index (χ1) is 5.74. The van der Waals surface area contributed by atoms with Crippen LogP contribution < -0.4 is 5.73 Å². The fourth-order valence-corrected chi connectivity index (χ4v) is 0.718. The fourth-order valence-electron chi connectivity index (χ4n) is 0.718. The quantitative estimate of drug-likeness (QED) is 0.416. The number of hydrogen-bond acceptors (Lipinski definition) is 4. The van der Waals surface area contributed by atoms with Crippen LogP contribution in [0, 0.1) is 10.8 Å². The summed E-state index contributed by atoms with van der Waals surface area (Å²) in [6, 6.07) is 0. The highest BCUT2D eigenvalue weighted by Crippen LogP contribution is 2.02. The van der Waals surface area contributed by atoms with Gasteiger partial charge < -0.3 is 10.8 Å². The van der Waals surface area contributed by atoms with Gasteiger partial charge in [-0.15, -0.1) is 0 Å². The summed E-state index contributed by atoms with van der Waals surface area (Å²) in [7, 11) is 1.00. The highest BCUT2D eigenvalue weighted by atomic mass is 16.2. The van der Waals surface area contributed by atoms with Crippen molar-refractivity contribution in [1.29, 1.82) is 10.8 Å². The van der Waals surface area contributed by atoms with Crippen molar-refractivity contribution in [1.82, 2.24) is 0 Å². The van der Waals surface area contributed by atoms with E-state index in [0.29, 0.717) is 6.54 Å². The van der Waals surface area contributed by atoms with Crippen molar-refractivity contribution in [3.05, 3.63) is 23.8 Å². The highest BCUT2D eigenvalue weighted by Gasteiger charge is 2.03. The van der Waals surface area contributed by atoms with Crippen molar-refractivity contribution >= 4 is 11.4 Å². The Kier molecular flexibility index (Phi) is 4.83. The topological polar surface area (TPSA) is 93.9 Å². The summed E-state index contributed by atoms with van der Waals surface area (Å²) in [6.07, 6.45) is 4.97. The molecule has 66 valence electrons. The lowest BCUT2D eigenvalue weighted by Crippen LogP contribution is -2.13. The zero-order valence-electron chi connectivity index (χ0n) is 6.96. The van der Waals surface area contributed by atoms with Crippen LogP contribution in [0.1, 0.15) is 0 Å². The molecule has 0 atom stereocenters. The summed E-state index contributed by atoms with van der Waals surface area (Å²) >= 11 is 0. The minimum Gasteiger partial charge on any atom is -0.400 e. The van der Waals surface area contributed by atoms with Gasteiger partial charge >= 0.3 is 0 Å². The molecule has 0 fully saturated rings. The molecule has 5 N–H and O–H groups in total. The van der Waals surface area contributed by atoms with Crippen LogP contribution in [0.2, 0.25) is 0 Å². The predicted octanol–water partition coefficient (Wildman–Crippen LogP) is 0.0893. The Hall–Kier alpha value is -1.26. The molecule has 0 spiro atoms. The average molecular weight is 167 g/mol. The zero-order valence-corrected chi connectivity index (χ0v) is 6.96. The van der Waals surface area contributed by atoms with E-state index >= 15 is 0 Å². The Bertz CT molecular complexity index is 241. The van der Waals surface area contributed by atoms with Crippen molar-refractivity contribution in [3.8, 4) is 0 Å². The summed E-state index contributed by atoms with van der Waals surface area (Å²) < 4.78 is 0. The van der Waals surface area contributed by atoms with Crippen LogP contribution in [-0.4, -0.2) is 30.2 Å². The molecule has 4 heteroatoms. The molecule has 0 aromatic heterocycles. The number of rotatable bonds is 1. The average Bonchev–Trinajstić information content (AvgIpc) is 2.13. The molecule has 1 aliphatic rings. The normalized spacial score (nSPS) is 15.1. The van der Waals surface area contributed by atoms with Crippen LogP contribution >= 0.6 is 0 Å². The molecule has 0 saturated carbocycles. The predicted molar refractivity (Wildman–Crippen MR) is 49.9 cm³/mol. The lowest BCUT2D eigenvalue weighted by molar-refractivity contribution is 0.399. The molecule has 0 aromatic carbocycles. The molecule has 1 aliphatic carbocycles. The lowest BCUT2D eigenvalue weighted by atomic mass is 10.0. The molecule has 1 rings (SSSR count). The number of aliphatic hydroxyl groups excluding tert-OH is 1. The minimum atomic E-state index is 0.239. The summed E-state index contributed by atoms with van der Waals surface area (Å²) in [4.78, 5) is 0. The maximum Gasteiger partial charge on any atom is 0.0792 e. The van der Waals surface area contributed by atoms with E-state index in [1.165, 1.54) is 0 Å². The Labute approximate surface area is 71.4 Å². The van der Waals surface area contributed by atoms with Crippen LogP contribution in [0.4, 0.5) is 0 Å². The van der Waals surface area contributed by atoms with Gasteiger partial charge in [0, 0.05) is 13.7 Å². The van der Waals surface area contributed by atoms with Crippen LogP contribution in [0.3, 0.4) is 0 Å². The molecule has 0 bridgehead atoms. The summed E-state index contributed by atoms with van der Waals surface area (Å²) in [6.45, 7) is 0.437. The van der Waals surface area contributed by atoms with E-state index in [4.69, 9.17) is 21.7 Å². The second-order valence-corrected chi connectivity index (χ2v) is 2.08. The molecule has 0 amide bonds. The van der Waals surface area contributed by atoms with Gasteiger partial charge in [0.2, 0.25) is 0 Å². The molecule has 0 aromatic rings. The van der Waals surface area contributed by atoms with Gasteiger partial charge in [0.15, 0.2) is 0 Å². The summed E-state index contributed by atoms with van der Waals surface area (Å²) in [5.41, 5.74) is 6.71. The van der Waals surface area contributed by atoms with Crippen LogP contribution in [0.5, 0.6) is 0 Å². The smallest absolute Gasteiger partial charge is 0.0792 e. The maximum absolute atomic E-state index is 7.22. The van der Waals surface area contributed by atoms with Gasteiger partial charge in [-0.1, -0.05) is 6.08 Å². The van der Waals surface area contributed by atoms with Gasteiger partial charge in [0.1, 0.15) is 0 Å². The number of hydrogen-bond donors (Lipinski definition) is 4. The number of allylic oxidation sites excluding steroid dienone is 2. The standard InChI is InChI=1S/C7H9N3.CH4O/c8-4-5-1-2-6(9)7(10)3-5;1-2/h1-3,9-10H,4,8H2;2H,1H3. The van der Waals surface area contributed by atoms with Crippen LogP contribution in [0.15, 0.2) is 23.8 Å². The maximum atomic E-state index is 7.22. The van der Waals surface area contributed by atoms with E-state index in [1.54, 1.807) is 18.2 Å². The van der Waals surface area contributed by atoms with Gasteiger partial charge in [-0.05, 0) is 17.7 Å². The van der Waals surface area contributed by atoms with Crippen molar-refractivity contribution in [2.45, 2.75) is 0 Å². The van der Waals surface area contributed by atoms with Gasteiger partial charge in [-0.25, -0.2) is 0 Å². The fraction of sp³-hybridized carbons (Fsp3) is 0.250. The summed E-state index contributed by atoms with van der Waals surface area (Å²) in [5.74, 6) is 0. The number of nitrogens with two attached hydrogens (primary N) is 1. The molecule has 0 aliphatic heterocycles. The minimum absolute atomic E-state index is 0.239. The largest absolute Gasteiger partial charge is 0.400 e. The van der Waals surface area contributed by atoms with E-state index in [0.717, 1.165) is 12.7 Å². The second kappa shape index (κ2) is 5.40. The third-order valence-electron chi connectivity index (χ3n) is 1.32. The third-order valence-corrected chi connectivity index (χ3v) is 1.32. The molecule has 0 unspecified atom stereocenters. The van der Waals surface area contributed by atoms with Crippen LogP contribution in [0.25, 0.3) is 0 Å². The van der Waals surface area contributed by atoms with Crippen LogP contribution in [-0.2, 0) is 0 Å². The van der Waals surface area contributed by atoms with Crippen molar-refractivity contribution in [3.63, 3.8) is 0 Å². The van der Waals surface area contributed by atoms with E-state index in [1.807, 2.05) is 0 Å². The summed E-state index contributed by atoms with van der Waals surface area (Å²) in [5, 5.41) is 21.4. The molecule has 4 nitrogen and oxygen atoms in total. The highest BCUT2D eigenvalue weighted by molar-refractivity contribution is 6.49. The number of nitrogens with one attached hydrogen (secondary N) is 2. The Morgan fingerprint density at radius 3 is 2.25 bits per heavy atom. The Balaban J connectivity index is 0.000000561. The first-order valence-corrected chi connectivity index (χ1v) is 3.45. The molecular weight excluding hydrogens is 154 g/mol. The SMILES string of the molecule is CO.N=C1C=CC(CN)=CC1=N. The monoisotopic (exact) mass is 167 g/mol. The first kappa shape index (κ1) is 10.7. The van der Waals surface area contributed by atoms with Gasteiger partial charge in [-0.3, -0.25) is 10.8 Å². The Morgan fingerprint density at radius 2 is 1.83 bits per heavy atom. The van der Waals surface area contributed by atoms with E-state index in [-0.39, 0.29) is 11.4 Å². The van der Waals surface area contributed by atoms with Gasteiger partial charge in [0.25, 0.3) is 0 Å². The Morgan fingerprint density at radius 1 is 1.25 bits per heavy atom. The lowest BCUT2D eigenvalue weighted by Gasteiger charge is -2.04. The zero-order chi connectivity index (χ0) is 9.56. The molecule has 12 heavy (non-hydrogen) atoms. The van der Waals surface area contributed by atoms with Crippen molar-refractivity contribution in [2.75, 3.05) is 13.7 Å².